The Balaban J connectivity index is 1.45. The van der Waals surface area contributed by atoms with Crippen LogP contribution in [-0.4, -0.2) is 38.5 Å². The van der Waals surface area contributed by atoms with Crippen molar-refractivity contribution in [1.82, 2.24) is 24.7 Å². The number of aromatic amines is 1. The Morgan fingerprint density at radius 3 is 3.17 bits per heavy atom. The molecule has 0 aliphatic carbocycles. The fourth-order valence-electron chi connectivity index (χ4n) is 3.31. The van der Waals surface area contributed by atoms with Gasteiger partial charge in [0.05, 0.1) is 0 Å². The fraction of sp³-hybridized carbons (Fsp3) is 0.353. The number of imidazole rings is 1. The summed E-state index contributed by atoms with van der Waals surface area (Å²) in [5.74, 6) is 0.515. The van der Waals surface area contributed by atoms with Gasteiger partial charge in [0, 0.05) is 56.2 Å². The average Bonchev–Trinajstić information content (AvgIpc) is 3.10. The normalized spacial score (nSPS) is 18.2. The van der Waals surface area contributed by atoms with Gasteiger partial charge >= 0.3 is 0 Å². The van der Waals surface area contributed by atoms with E-state index in [9.17, 15) is 4.79 Å². The van der Waals surface area contributed by atoms with E-state index >= 15 is 0 Å². The van der Waals surface area contributed by atoms with Crippen molar-refractivity contribution < 1.29 is 0 Å². The summed E-state index contributed by atoms with van der Waals surface area (Å²) in [5, 5.41) is 3.61. The van der Waals surface area contributed by atoms with Gasteiger partial charge in [-0.05, 0) is 25.0 Å². The molecule has 7 nitrogen and oxygen atoms in total. The van der Waals surface area contributed by atoms with E-state index in [0.717, 1.165) is 38.1 Å². The lowest BCUT2D eigenvalue weighted by Crippen LogP contribution is -2.47. The highest BCUT2D eigenvalue weighted by atomic mass is 16.1. The first-order valence-corrected chi connectivity index (χ1v) is 8.24. The lowest BCUT2D eigenvalue weighted by atomic mass is 10.1. The molecule has 2 N–H and O–H groups in total. The maximum absolute atomic E-state index is 11.9. The monoisotopic (exact) mass is 324 g/mol. The van der Waals surface area contributed by atoms with Crippen molar-refractivity contribution in [3.63, 3.8) is 0 Å². The number of piperidine rings is 1. The molecule has 0 saturated carbocycles. The number of fused-ring (bicyclic) bond motifs is 1. The van der Waals surface area contributed by atoms with E-state index < -0.39 is 0 Å². The summed E-state index contributed by atoms with van der Waals surface area (Å²) in [4.78, 5) is 25.2. The zero-order chi connectivity index (χ0) is 16.4. The predicted molar refractivity (Wildman–Crippen MR) is 92.1 cm³/mol. The minimum absolute atomic E-state index is 0.124. The topological polar surface area (TPSA) is 78.3 Å². The molecular formula is C17H20N6O. The molecule has 0 bridgehead atoms. The van der Waals surface area contributed by atoms with Crippen LogP contribution in [0.3, 0.4) is 0 Å². The van der Waals surface area contributed by atoms with Crippen LogP contribution < -0.4 is 15.8 Å². The van der Waals surface area contributed by atoms with Crippen LogP contribution in [0.2, 0.25) is 0 Å². The number of H-pyrrole nitrogens is 1. The van der Waals surface area contributed by atoms with E-state index in [2.05, 4.69) is 35.6 Å². The molecule has 1 atom stereocenters. The van der Waals surface area contributed by atoms with Crippen LogP contribution >= 0.6 is 0 Å². The van der Waals surface area contributed by atoms with Crippen molar-refractivity contribution >= 4 is 11.5 Å². The second kappa shape index (κ2) is 6.45. The molecule has 0 spiro atoms. The number of hydrogen-bond donors (Lipinski definition) is 2. The van der Waals surface area contributed by atoms with E-state index in [0.29, 0.717) is 11.9 Å². The number of pyridine rings is 1. The van der Waals surface area contributed by atoms with E-state index in [-0.39, 0.29) is 5.56 Å². The van der Waals surface area contributed by atoms with Gasteiger partial charge in [-0.3, -0.25) is 4.79 Å². The van der Waals surface area contributed by atoms with Crippen molar-refractivity contribution in [2.45, 2.75) is 25.4 Å². The maximum atomic E-state index is 11.9. The molecule has 1 fully saturated rings. The van der Waals surface area contributed by atoms with Crippen LogP contribution in [0.15, 0.2) is 47.8 Å². The molecule has 3 aromatic heterocycles. The molecule has 4 rings (SSSR count). The molecule has 0 aromatic carbocycles. The van der Waals surface area contributed by atoms with Gasteiger partial charge in [0.2, 0.25) is 0 Å². The highest BCUT2D eigenvalue weighted by Crippen LogP contribution is 2.15. The molecule has 1 aliphatic rings. The third-order valence-electron chi connectivity index (χ3n) is 4.49. The van der Waals surface area contributed by atoms with Crippen LogP contribution in [0, 0.1) is 0 Å². The summed E-state index contributed by atoms with van der Waals surface area (Å²) in [6.45, 7) is 2.43. The molecule has 4 heterocycles. The first-order valence-electron chi connectivity index (χ1n) is 8.24. The SMILES string of the molecule is O=c1[nH]ccnc1N1CCCC(NCc2cccc3nccn23)C1. The lowest BCUT2D eigenvalue weighted by Gasteiger charge is -2.33. The summed E-state index contributed by atoms with van der Waals surface area (Å²) in [7, 11) is 0. The van der Waals surface area contributed by atoms with E-state index in [1.807, 2.05) is 24.5 Å². The average molecular weight is 324 g/mol. The molecular weight excluding hydrogens is 304 g/mol. The van der Waals surface area contributed by atoms with Crippen LogP contribution in [0.25, 0.3) is 5.65 Å². The number of nitrogens with one attached hydrogen (secondary N) is 2. The summed E-state index contributed by atoms with van der Waals surface area (Å²) in [5.41, 5.74) is 2.01. The molecule has 124 valence electrons. The Hall–Kier alpha value is -2.67. The van der Waals surface area contributed by atoms with Crippen molar-refractivity contribution in [3.05, 3.63) is 59.0 Å². The number of anilines is 1. The molecule has 3 aromatic rings. The largest absolute Gasteiger partial charge is 0.350 e. The van der Waals surface area contributed by atoms with E-state index in [4.69, 9.17) is 0 Å². The minimum Gasteiger partial charge on any atom is -0.350 e. The Morgan fingerprint density at radius 1 is 1.29 bits per heavy atom. The smallest absolute Gasteiger partial charge is 0.290 e. The van der Waals surface area contributed by atoms with Gasteiger partial charge in [-0.2, -0.15) is 0 Å². The minimum atomic E-state index is -0.124. The number of rotatable bonds is 4. The van der Waals surface area contributed by atoms with E-state index in [1.165, 1.54) is 5.69 Å². The summed E-state index contributed by atoms with van der Waals surface area (Å²) in [6.07, 6.45) is 9.14. The highest BCUT2D eigenvalue weighted by Gasteiger charge is 2.22. The first kappa shape index (κ1) is 14.9. The molecule has 0 amide bonds. The van der Waals surface area contributed by atoms with Crippen molar-refractivity contribution in [1.29, 1.82) is 0 Å². The number of aromatic nitrogens is 4. The summed E-state index contributed by atoms with van der Waals surface area (Å²) in [6, 6.07) is 6.46. The van der Waals surface area contributed by atoms with Gasteiger partial charge in [0.1, 0.15) is 5.65 Å². The van der Waals surface area contributed by atoms with Crippen LogP contribution in [0.4, 0.5) is 5.82 Å². The Kier molecular flexibility index (Phi) is 4.00. The van der Waals surface area contributed by atoms with Gasteiger partial charge in [0.15, 0.2) is 5.82 Å². The quantitative estimate of drug-likeness (QED) is 0.753. The standard InChI is InChI=1S/C17H20N6O/c24-17-16(19-6-7-20-17)22-9-2-3-13(12-22)21-11-14-4-1-5-15-18-8-10-23(14)15/h1,4-8,10,13,21H,2-3,9,11-12H2,(H,20,24). The molecule has 24 heavy (non-hydrogen) atoms. The van der Waals surface area contributed by atoms with Crippen LogP contribution in [0.5, 0.6) is 0 Å². The maximum Gasteiger partial charge on any atom is 0.290 e. The van der Waals surface area contributed by atoms with Crippen LogP contribution in [0.1, 0.15) is 18.5 Å². The third-order valence-corrected chi connectivity index (χ3v) is 4.49. The fourth-order valence-corrected chi connectivity index (χ4v) is 3.31. The lowest BCUT2D eigenvalue weighted by molar-refractivity contribution is 0.416. The van der Waals surface area contributed by atoms with Crippen molar-refractivity contribution in [2.75, 3.05) is 18.0 Å². The zero-order valence-corrected chi connectivity index (χ0v) is 13.4. The predicted octanol–water partition coefficient (Wildman–Crippen LogP) is 1.18. The van der Waals surface area contributed by atoms with Gasteiger partial charge in [-0.1, -0.05) is 6.07 Å². The molecule has 1 saturated heterocycles. The third kappa shape index (κ3) is 2.90. The highest BCUT2D eigenvalue weighted by molar-refractivity contribution is 5.40. The molecule has 1 aliphatic heterocycles. The molecule has 7 heteroatoms. The van der Waals surface area contributed by atoms with Crippen molar-refractivity contribution in [2.24, 2.45) is 0 Å². The number of nitrogens with zero attached hydrogens (tertiary/aromatic N) is 4. The first-order chi connectivity index (χ1) is 11.8. The van der Waals surface area contributed by atoms with Gasteiger partial charge < -0.3 is 19.6 Å². The second-order valence-electron chi connectivity index (χ2n) is 6.08. The molecule has 1 unspecified atom stereocenters. The Morgan fingerprint density at radius 2 is 2.25 bits per heavy atom. The second-order valence-corrected chi connectivity index (χ2v) is 6.08. The molecule has 0 radical (unpaired) electrons. The van der Waals surface area contributed by atoms with E-state index in [1.54, 1.807) is 12.4 Å². The summed E-state index contributed by atoms with van der Waals surface area (Å²) >= 11 is 0. The van der Waals surface area contributed by atoms with Gasteiger partial charge in [0.25, 0.3) is 5.56 Å². The Labute approximate surface area is 139 Å². The summed E-state index contributed by atoms with van der Waals surface area (Å²) < 4.78 is 2.09. The van der Waals surface area contributed by atoms with Gasteiger partial charge in [-0.25, -0.2) is 9.97 Å². The van der Waals surface area contributed by atoms with Gasteiger partial charge in [-0.15, -0.1) is 0 Å². The van der Waals surface area contributed by atoms with Crippen molar-refractivity contribution in [3.8, 4) is 0 Å². The number of hydrogen-bond acceptors (Lipinski definition) is 5. The van der Waals surface area contributed by atoms with Crippen LogP contribution in [-0.2, 0) is 6.54 Å². The zero-order valence-electron chi connectivity index (χ0n) is 13.4. The Bertz CT molecular complexity index is 886.